The van der Waals surface area contributed by atoms with E-state index in [1.165, 1.54) is 42.6 Å². The van der Waals surface area contributed by atoms with Crippen LogP contribution in [-0.4, -0.2) is 36.0 Å². The number of hydrogen-bond donors (Lipinski definition) is 2. The number of aliphatic imine (C=N–C) groups is 1. The Hall–Kier alpha value is -2.40. The van der Waals surface area contributed by atoms with Crippen molar-refractivity contribution in [2.75, 3.05) is 20.1 Å². The third-order valence-electron chi connectivity index (χ3n) is 4.85. The summed E-state index contributed by atoms with van der Waals surface area (Å²) < 4.78 is 0. The number of pyridine rings is 1. The first-order valence-electron chi connectivity index (χ1n) is 9.40. The second-order valence-electron chi connectivity index (χ2n) is 6.85. The van der Waals surface area contributed by atoms with E-state index in [0.29, 0.717) is 6.54 Å². The van der Waals surface area contributed by atoms with Crippen LogP contribution in [0.2, 0.25) is 0 Å². The van der Waals surface area contributed by atoms with Gasteiger partial charge in [-0.3, -0.25) is 14.9 Å². The van der Waals surface area contributed by atoms with Gasteiger partial charge in [0.15, 0.2) is 5.96 Å². The number of guanidine groups is 1. The Kier molecular flexibility index (Phi) is 6.61. The first-order valence-corrected chi connectivity index (χ1v) is 9.40. The molecule has 2 N–H and O–H groups in total. The molecular weight excluding hydrogens is 322 g/mol. The van der Waals surface area contributed by atoms with Crippen molar-refractivity contribution in [3.63, 3.8) is 0 Å². The summed E-state index contributed by atoms with van der Waals surface area (Å²) in [7, 11) is 1.79. The molecule has 0 amide bonds. The second kappa shape index (κ2) is 9.34. The number of benzene rings is 1. The van der Waals surface area contributed by atoms with Gasteiger partial charge in [-0.15, -0.1) is 0 Å². The largest absolute Gasteiger partial charge is 0.352 e. The summed E-state index contributed by atoms with van der Waals surface area (Å²) in [6, 6.07) is 12.9. The van der Waals surface area contributed by atoms with Crippen LogP contribution in [0, 0.1) is 6.92 Å². The van der Waals surface area contributed by atoms with E-state index in [4.69, 9.17) is 0 Å². The molecule has 5 heteroatoms. The van der Waals surface area contributed by atoms with E-state index in [1.807, 2.05) is 12.3 Å². The van der Waals surface area contributed by atoms with Gasteiger partial charge in [0.1, 0.15) is 0 Å². The Morgan fingerprint density at radius 2 is 1.73 bits per heavy atom. The standard InChI is InChI=1S/C21H29N5/c1-17-6-5-11-23-20(17)15-25-21(22-2)24-14-18-7-9-19(10-8-18)16-26-12-3-4-13-26/h5-11H,3-4,12-16H2,1-2H3,(H2,22,24,25). The molecule has 138 valence electrons. The van der Waals surface area contributed by atoms with E-state index < -0.39 is 0 Å². The first-order chi connectivity index (χ1) is 12.7. The van der Waals surface area contributed by atoms with Crippen LogP contribution in [0.15, 0.2) is 47.6 Å². The molecule has 1 aliphatic heterocycles. The fourth-order valence-corrected chi connectivity index (χ4v) is 3.24. The lowest BCUT2D eigenvalue weighted by atomic mass is 10.1. The zero-order valence-electron chi connectivity index (χ0n) is 15.8. The highest BCUT2D eigenvalue weighted by Crippen LogP contribution is 2.13. The van der Waals surface area contributed by atoms with Gasteiger partial charge in [0.05, 0.1) is 12.2 Å². The minimum Gasteiger partial charge on any atom is -0.352 e. The maximum absolute atomic E-state index is 4.41. The van der Waals surface area contributed by atoms with E-state index in [9.17, 15) is 0 Å². The molecule has 0 aliphatic carbocycles. The second-order valence-corrected chi connectivity index (χ2v) is 6.85. The molecule has 0 unspecified atom stereocenters. The van der Waals surface area contributed by atoms with Crippen LogP contribution in [0.3, 0.4) is 0 Å². The SMILES string of the molecule is CN=C(NCc1ccc(CN2CCCC2)cc1)NCc1ncccc1C. The van der Waals surface area contributed by atoms with Crippen molar-refractivity contribution >= 4 is 5.96 Å². The Morgan fingerprint density at radius 1 is 1.04 bits per heavy atom. The number of rotatable bonds is 6. The first kappa shape index (κ1) is 18.4. The van der Waals surface area contributed by atoms with Gasteiger partial charge < -0.3 is 10.6 Å². The Bertz CT molecular complexity index is 717. The normalized spacial score (nSPS) is 15.2. The number of likely N-dealkylation sites (tertiary alicyclic amines) is 1. The third kappa shape index (κ3) is 5.30. The summed E-state index contributed by atoms with van der Waals surface area (Å²) in [5.41, 5.74) is 4.88. The van der Waals surface area contributed by atoms with Gasteiger partial charge in [0.2, 0.25) is 0 Å². The zero-order valence-corrected chi connectivity index (χ0v) is 15.8. The molecule has 1 aliphatic rings. The maximum atomic E-state index is 4.41. The predicted octanol–water partition coefficient (Wildman–Crippen LogP) is 2.85. The van der Waals surface area contributed by atoms with Crippen molar-refractivity contribution in [1.29, 1.82) is 0 Å². The van der Waals surface area contributed by atoms with Crippen molar-refractivity contribution in [1.82, 2.24) is 20.5 Å². The van der Waals surface area contributed by atoms with Crippen LogP contribution in [-0.2, 0) is 19.6 Å². The molecule has 0 saturated carbocycles. The lowest BCUT2D eigenvalue weighted by Crippen LogP contribution is -2.36. The van der Waals surface area contributed by atoms with Gasteiger partial charge >= 0.3 is 0 Å². The molecule has 2 aromatic rings. The Labute approximate surface area is 156 Å². The van der Waals surface area contributed by atoms with Gasteiger partial charge in [0, 0.05) is 26.3 Å². The zero-order chi connectivity index (χ0) is 18.2. The number of nitrogens with one attached hydrogen (secondary N) is 2. The van der Waals surface area contributed by atoms with E-state index in [0.717, 1.165) is 24.7 Å². The Balaban J connectivity index is 1.46. The molecule has 0 bridgehead atoms. The van der Waals surface area contributed by atoms with E-state index >= 15 is 0 Å². The molecule has 3 rings (SSSR count). The lowest BCUT2D eigenvalue weighted by Gasteiger charge is -2.15. The molecular formula is C21H29N5. The monoisotopic (exact) mass is 351 g/mol. The molecule has 5 nitrogen and oxygen atoms in total. The van der Waals surface area contributed by atoms with Gasteiger partial charge in [-0.25, -0.2) is 0 Å². The van der Waals surface area contributed by atoms with Gasteiger partial charge in [-0.05, 0) is 55.6 Å². The van der Waals surface area contributed by atoms with E-state index in [2.05, 4.69) is 62.8 Å². The summed E-state index contributed by atoms with van der Waals surface area (Å²) in [6.45, 7) is 7.04. The maximum Gasteiger partial charge on any atom is 0.191 e. The topological polar surface area (TPSA) is 52.6 Å². The fraction of sp³-hybridized carbons (Fsp3) is 0.429. The van der Waals surface area contributed by atoms with Crippen LogP contribution >= 0.6 is 0 Å². The minimum absolute atomic E-state index is 0.668. The lowest BCUT2D eigenvalue weighted by molar-refractivity contribution is 0.331. The van der Waals surface area contributed by atoms with Crippen LogP contribution < -0.4 is 10.6 Å². The van der Waals surface area contributed by atoms with Crippen molar-refractivity contribution in [2.45, 2.75) is 39.4 Å². The van der Waals surface area contributed by atoms with E-state index in [-0.39, 0.29) is 0 Å². The highest BCUT2D eigenvalue weighted by atomic mass is 15.2. The van der Waals surface area contributed by atoms with Crippen LogP contribution in [0.1, 0.15) is 35.2 Å². The number of aromatic nitrogens is 1. The molecule has 0 atom stereocenters. The molecule has 1 saturated heterocycles. The average Bonchev–Trinajstić information content (AvgIpc) is 3.17. The molecule has 1 fully saturated rings. The van der Waals surface area contributed by atoms with Crippen LogP contribution in [0.5, 0.6) is 0 Å². The number of aryl methyl sites for hydroxylation is 1. The highest BCUT2D eigenvalue weighted by Gasteiger charge is 2.11. The summed E-state index contributed by atoms with van der Waals surface area (Å²) >= 11 is 0. The van der Waals surface area contributed by atoms with Crippen molar-refractivity contribution in [2.24, 2.45) is 4.99 Å². The van der Waals surface area contributed by atoms with Crippen molar-refractivity contribution < 1.29 is 0 Å². The highest BCUT2D eigenvalue weighted by molar-refractivity contribution is 5.79. The molecule has 1 aromatic carbocycles. The fourth-order valence-electron chi connectivity index (χ4n) is 3.24. The van der Waals surface area contributed by atoms with E-state index in [1.54, 1.807) is 7.05 Å². The number of hydrogen-bond acceptors (Lipinski definition) is 3. The quantitative estimate of drug-likeness (QED) is 0.621. The minimum atomic E-state index is 0.668. The van der Waals surface area contributed by atoms with Crippen molar-refractivity contribution in [3.05, 3.63) is 65.0 Å². The Morgan fingerprint density at radius 3 is 2.42 bits per heavy atom. The smallest absolute Gasteiger partial charge is 0.191 e. The summed E-state index contributed by atoms with van der Waals surface area (Å²) in [5.74, 6) is 0.788. The predicted molar refractivity (Wildman–Crippen MR) is 107 cm³/mol. The molecule has 1 aromatic heterocycles. The molecule has 26 heavy (non-hydrogen) atoms. The molecule has 0 spiro atoms. The summed E-state index contributed by atoms with van der Waals surface area (Å²) in [6.07, 6.45) is 4.50. The third-order valence-corrected chi connectivity index (χ3v) is 4.85. The van der Waals surface area contributed by atoms with Gasteiger partial charge in [-0.1, -0.05) is 30.3 Å². The number of nitrogens with zero attached hydrogens (tertiary/aromatic N) is 3. The molecule has 0 radical (unpaired) electrons. The van der Waals surface area contributed by atoms with Gasteiger partial charge in [0.25, 0.3) is 0 Å². The summed E-state index contributed by atoms with van der Waals surface area (Å²) in [4.78, 5) is 11.2. The van der Waals surface area contributed by atoms with Crippen LogP contribution in [0.25, 0.3) is 0 Å². The van der Waals surface area contributed by atoms with Crippen LogP contribution in [0.4, 0.5) is 0 Å². The van der Waals surface area contributed by atoms with Gasteiger partial charge in [-0.2, -0.15) is 0 Å². The average molecular weight is 351 g/mol. The molecule has 2 heterocycles. The van der Waals surface area contributed by atoms with Crippen molar-refractivity contribution in [3.8, 4) is 0 Å². The summed E-state index contributed by atoms with van der Waals surface area (Å²) in [5, 5.41) is 6.69.